The number of para-hydroxylation sites is 4. The van der Waals surface area contributed by atoms with Crippen molar-refractivity contribution >= 4 is 75.1 Å². The molecular weight excluding hydrogens is 715 g/mol. The van der Waals surface area contributed by atoms with Crippen molar-refractivity contribution in [2.45, 2.75) is 0 Å². The van der Waals surface area contributed by atoms with Gasteiger partial charge in [-0.3, -0.25) is 9.13 Å². The molecule has 0 unspecified atom stereocenters. The summed E-state index contributed by atoms with van der Waals surface area (Å²) < 4.78 is 6.98. The van der Waals surface area contributed by atoms with E-state index in [1.54, 1.807) is 0 Å². The third-order valence-electron chi connectivity index (χ3n) is 11.2. The first kappa shape index (κ1) is 31.9. The van der Waals surface area contributed by atoms with Crippen molar-refractivity contribution in [2.24, 2.45) is 0 Å². The van der Waals surface area contributed by atoms with Crippen LogP contribution in [0.5, 0.6) is 0 Å². The van der Waals surface area contributed by atoms with Gasteiger partial charge >= 0.3 is 0 Å². The lowest BCUT2D eigenvalue weighted by molar-refractivity contribution is 0.893. The average molecular weight is 746 g/mol. The average Bonchev–Trinajstić information content (AvgIpc) is 3.94. The van der Waals surface area contributed by atoms with Crippen molar-refractivity contribution in [2.75, 3.05) is 0 Å². The van der Waals surface area contributed by atoms with Crippen molar-refractivity contribution < 1.29 is 0 Å². The predicted molar refractivity (Wildman–Crippen MR) is 238 cm³/mol. The Hall–Kier alpha value is -7.41. The molecule has 266 valence electrons. The van der Waals surface area contributed by atoms with E-state index in [-0.39, 0.29) is 0 Å². The smallest absolute Gasteiger partial charge is 0.240 e. The third-order valence-corrected chi connectivity index (χ3v) is 12.4. The lowest BCUT2D eigenvalue weighted by Crippen LogP contribution is -2.10. The first-order chi connectivity index (χ1) is 28.2. The number of thiophene rings is 1. The highest BCUT2D eigenvalue weighted by Gasteiger charge is 2.20. The Morgan fingerprint density at radius 2 is 0.719 bits per heavy atom. The van der Waals surface area contributed by atoms with Gasteiger partial charge in [-0.2, -0.15) is 15.0 Å². The van der Waals surface area contributed by atoms with Gasteiger partial charge in [0.2, 0.25) is 11.9 Å². The van der Waals surface area contributed by atoms with Crippen LogP contribution in [0.4, 0.5) is 0 Å². The van der Waals surface area contributed by atoms with Crippen LogP contribution in [0.15, 0.2) is 188 Å². The number of hydrogen-bond donors (Lipinski definition) is 0. The summed E-state index contributed by atoms with van der Waals surface area (Å²) in [6.45, 7) is 0. The maximum atomic E-state index is 5.30. The summed E-state index contributed by atoms with van der Waals surface area (Å²) in [4.78, 5) is 15.9. The minimum atomic E-state index is 0.569. The van der Waals surface area contributed by atoms with Gasteiger partial charge in [-0.25, -0.2) is 0 Å². The molecule has 6 heteroatoms. The number of nitrogens with zero attached hydrogens (tertiary/aromatic N) is 5. The maximum absolute atomic E-state index is 5.30. The molecule has 5 nitrogen and oxygen atoms in total. The molecule has 8 aromatic carbocycles. The molecule has 12 aromatic rings. The molecule has 0 aliphatic heterocycles. The molecule has 0 atom stereocenters. The molecule has 57 heavy (non-hydrogen) atoms. The first-order valence-corrected chi connectivity index (χ1v) is 19.9. The van der Waals surface area contributed by atoms with Gasteiger partial charge in [0.05, 0.1) is 22.1 Å². The van der Waals surface area contributed by atoms with Crippen LogP contribution in [0.3, 0.4) is 0 Å². The molecule has 0 spiro atoms. The predicted octanol–water partition coefficient (Wildman–Crippen LogP) is 13.4. The molecule has 0 saturated heterocycles. The van der Waals surface area contributed by atoms with E-state index < -0.39 is 0 Å². The van der Waals surface area contributed by atoms with Crippen LogP contribution in [0.1, 0.15) is 0 Å². The van der Waals surface area contributed by atoms with E-state index in [0.29, 0.717) is 17.7 Å². The first-order valence-electron chi connectivity index (χ1n) is 19.1. The van der Waals surface area contributed by atoms with E-state index in [1.807, 2.05) is 11.3 Å². The quantitative estimate of drug-likeness (QED) is 0.176. The lowest BCUT2D eigenvalue weighted by atomic mass is 9.98. The van der Waals surface area contributed by atoms with Crippen LogP contribution in [0.2, 0.25) is 0 Å². The minimum Gasteiger partial charge on any atom is -0.278 e. The van der Waals surface area contributed by atoms with Gasteiger partial charge in [0, 0.05) is 47.3 Å². The van der Waals surface area contributed by atoms with Gasteiger partial charge in [0.15, 0.2) is 5.82 Å². The Morgan fingerprint density at radius 1 is 0.298 bits per heavy atom. The SMILES string of the molecule is c1cc(-c2ccc(-c3ccc4sc5ccccc5c4c3)cc2)cc(-c2nc(-n3c4ccccc4c4ccccc43)nc(-n3c4ccccc4c4ccccc43)n2)c1. The minimum absolute atomic E-state index is 0.569. The largest absolute Gasteiger partial charge is 0.278 e. The Labute approximate surface area is 331 Å². The fraction of sp³-hybridized carbons (Fsp3) is 0. The summed E-state index contributed by atoms with van der Waals surface area (Å²) in [7, 11) is 0. The Morgan fingerprint density at radius 3 is 1.26 bits per heavy atom. The third kappa shape index (κ3) is 5.04. The summed E-state index contributed by atoms with van der Waals surface area (Å²) >= 11 is 1.85. The Bertz CT molecular complexity index is 3300. The van der Waals surface area contributed by atoms with Crippen LogP contribution in [-0.4, -0.2) is 24.1 Å². The van der Waals surface area contributed by atoms with E-state index in [2.05, 4.69) is 197 Å². The topological polar surface area (TPSA) is 48.5 Å². The summed E-state index contributed by atoms with van der Waals surface area (Å²) in [5.74, 6) is 1.74. The Kier molecular flexibility index (Phi) is 7.03. The van der Waals surface area contributed by atoms with E-state index in [9.17, 15) is 0 Å². The number of aromatic nitrogens is 5. The molecule has 0 aliphatic rings. The zero-order chi connectivity index (χ0) is 37.5. The van der Waals surface area contributed by atoms with Crippen molar-refractivity contribution in [3.05, 3.63) is 188 Å². The van der Waals surface area contributed by atoms with Crippen LogP contribution >= 0.6 is 11.3 Å². The van der Waals surface area contributed by atoms with E-state index in [0.717, 1.165) is 60.3 Å². The van der Waals surface area contributed by atoms with Crippen molar-refractivity contribution in [1.29, 1.82) is 0 Å². The summed E-state index contributed by atoms with van der Waals surface area (Å²) in [6, 6.07) is 66.8. The molecule has 0 bridgehead atoms. The summed E-state index contributed by atoms with van der Waals surface area (Å²) in [6.07, 6.45) is 0. The molecule has 12 rings (SSSR count). The van der Waals surface area contributed by atoms with Gasteiger partial charge in [-0.05, 0) is 70.8 Å². The van der Waals surface area contributed by atoms with Crippen molar-refractivity contribution in [3.63, 3.8) is 0 Å². The highest BCUT2D eigenvalue weighted by molar-refractivity contribution is 7.25. The second-order valence-electron chi connectivity index (χ2n) is 14.5. The number of rotatable bonds is 5. The lowest BCUT2D eigenvalue weighted by Gasteiger charge is -2.13. The fourth-order valence-electron chi connectivity index (χ4n) is 8.56. The highest BCUT2D eigenvalue weighted by atomic mass is 32.1. The zero-order valence-electron chi connectivity index (χ0n) is 30.5. The number of fused-ring (bicyclic) bond motifs is 9. The second kappa shape index (κ2) is 12.6. The van der Waals surface area contributed by atoms with Gasteiger partial charge in [0.1, 0.15) is 0 Å². The maximum Gasteiger partial charge on any atom is 0.240 e. The van der Waals surface area contributed by atoms with E-state index in [4.69, 9.17) is 15.0 Å². The summed E-state index contributed by atoms with van der Waals surface area (Å²) in [5.41, 5.74) is 9.72. The zero-order valence-corrected chi connectivity index (χ0v) is 31.4. The Balaban J connectivity index is 1.02. The fourth-order valence-corrected chi connectivity index (χ4v) is 9.64. The molecule has 0 saturated carbocycles. The van der Waals surface area contributed by atoms with E-state index >= 15 is 0 Å². The molecule has 0 radical (unpaired) electrons. The van der Waals surface area contributed by atoms with Crippen LogP contribution in [-0.2, 0) is 0 Å². The standard InChI is InChI=1S/C51H31N5S/c1-6-19-43-37(14-1)38-15-2-7-20-44(38)55(43)50-52-49(53-51(54-50)56-45-21-8-3-16-39(45)40-17-4-9-22-46(40)56)36-13-11-12-34(30-36)32-24-26-33(27-25-32)35-28-29-48-42(31-35)41-18-5-10-23-47(41)57-48/h1-31H. The monoisotopic (exact) mass is 745 g/mol. The second-order valence-corrected chi connectivity index (χ2v) is 15.5. The molecule has 4 heterocycles. The normalized spacial score (nSPS) is 11.9. The van der Waals surface area contributed by atoms with Gasteiger partial charge in [-0.1, -0.05) is 140 Å². The molecule has 0 aliphatic carbocycles. The van der Waals surface area contributed by atoms with Crippen LogP contribution in [0.25, 0.3) is 109 Å². The molecule has 0 amide bonds. The summed E-state index contributed by atoms with van der Waals surface area (Å²) in [5, 5.41) is 7.24. The van der Waals surface area contributed by atoms with Crippen molar-refractivity contribution in [1.82, 2.24) is 24.1 Å². The van der Waals surface area contributed by atoms with Crippen LogP contribution in [0, 0.1) is 0 Å². The van der Waals surface area contributed by atoms with E-state index in [1.165, 1.54) is 31.3 Å². The highest BCUT2D eigenvalue weighted by Crippen LogP contribution is 2.38. The van der Waals surface area contributed by atoms with Gasteiger partial charge < -0.3 is 0 Å². The molecule has 0 N–H and O–H groups in total. The number of benzene rings is 8. The molecule has 0 fully saturated rings. The van der Waals surface area contributed by atoms with Gasteiger partial charge in [0.25, 0.3) is 0 Å². The number of hydrogen-bond acceptors (Lipinski definition) is 4. The van der Waals surface area contributed by atoms with Gasteiger partial charge in [-0.15, -0.1) is 11.3 Å². The molecular formula is C51H31N5S. The van der Waals surface area contributed by atoms with Crippen molar-refractivity contribution in [3.8, 4) is 45.5 Å². The molecule has 4 aromatic heterocycles. The van der Waals surface area contributed by atoms with Crippen LogP contribution < -0.4 is 0 Å².